The molecule has 0 saturated carbocycles. The Morgan fingerprint density at radius 1 is 1.00 bits per heavy atom. The smallest absolute Gasteiger partial charge is 0.328 e. The molecule has 2 aromatic rings. The molecule has 0 N–H and O–H groups in total. The second kappa shape index (κ2) is 5.85. The number of methoxy groups -OCH3 is 2. The average molecular weight is 358 g/mol. The summed E-state index contributed by atoms with van der Waals surface area (Å²) < 4.78 is 16.7. The molecule has 2 rings (SSSR count). The highest BCUT2D eigenvalue weighted by Crippen LogP contribution is 2.26. The minimum absolute atomic E-state index is 0.190. The third-order valence-electron chi connectivity index (χ3n) is 2.11. The maximum absolute atomic E-state index is 5.60. The van der Waals surface area contributed by atoms with Crippen LogP contribution in [-0.2, 0) is 0 Å². The molecule has 0 atom stereocenters. The van der Waals surface area contributed by atoms with Gasteiger partial charge in [0.1, 0.15) is 5.75 Å². The summed E-state index contributed by atoms with van der Waals surface area (Å²) in [5.41, 5.74) is 0. The third kappa shape index (κ3) is 3.00. The van der Waals surface area contributed by atoms with Gasteiger partial charge in [-0.1, -0.05) is 12.1 Å². The summed E-state index contributed by atoms with van der Waals surface area (Å²) in [5, 5.41) is 0. The van der Waals surface area contributed by atoms with Crippen molar-refractivity contribution in [3.63, 3.8) is 0 Å². The molecule has 0 aliphatic heterocycles. The van der Waals surface area contributed by atoms with Crippen molar-refractivity contribution < 1.29 is 14.2 Å². The van der Waals surface area contributed by atoms with Crippen LogP contribution in [-0.4, -0.2) is 24.2 Å². The molecule has 0 unspecified atom stereocenters. The van der Waals surface area contributed by atoms with Crippen molar-refractivity contribution in [2.24, 2.45) is 0 Å². The predicted molar refractivity (Wildman–Crippen MR) is 74.4 cm³/mol. The molecule has 18 heavy (non-hydrogen) atoms. The molecule has 1 aromatic carbocycles. The highest BCUT2D eigenvalue weighted by molar-refractivity contribution is 14.1. The van der Waals surface area contributed by atoms with Gasteiger partial charge in [0.25, 0.3) is 0 Å². The quantitative estimate of drug-likeness (QED) is 0.787. The monoisotopic (exact) mass is 358 g/mol. The summed E-state index contributed by atoms with van der Waals surface area (Å²) in [6, 6.07) is 9.37. The molecule has 0 saturated heterocycles. The standard InChI is InChI=1S/C12H11IN2O3/c1-16-10-7-11(17-2)15-12(14-10)18-9-6-4-3-5-8(9)13/h3-7H,1-2H3. The summed E-state index contributed by atoms with van der Waals surface area (Å²) in [6.07, 6.45) is 0. The van der Waals surface area contributed by atoms with E-state index < -0.39 is 0 Å². The summed E-state index contributed by atoms with van der Waals surface area (Å²) in [7, 11) is 3.05. The van der Waals surface area contributed by atoms with Gasteiger partial charge >= 0.3 is 6.01 Å². The van der Waals surface area contributed by atoms with Crippen molar-refractivity contribution in [2.75, 3.05) is 14.2 Å². The maximum atomic E-state index is 5.60. The van der Waals surface area contributed by atoms with Crippen LogP contribution in [0.1, 0.15) is 0 Å². The lowest BCUT2D eigenvalue weighted by atomic mass is 10.3. The minimum Gasteiger partial charge on any atom is -0.481 e. The third-order valence-corrected chi connectivity index (χ3v) is 3.01. The van der Waals surface area contributed by atoms with Crippen molar-refractivity contribution in [2.45, 2.75) is 0 Å². The van der Waals surface area contributed by atoms with Crippen molar-refractivity contribution in [1.29, 1.82) is 0 Å². The second-order valence-corrected chi connectivity index (χ2v) is 4.43. The van der Waals surface area contributed by atoms with Crippen molar-refractivity contribution in [3.8, 4) is 23.5 Å². The number of halogens is 1. The van der Waals surface area contributed by atoms with Crippen LogP contribution in [0.4, 0.5) is 0 Å². The zero-order chi connectivity index (χ0) is 13.0. The molecule has 5 nitrogen and oxygen atoms in total. The maximum Gasteiger partial charge on any atom is 0.328 e. The fourth-order valence-corrected chi connectivity index (χ4v) is 1.76. The topological polar surface area (TPSA) is 53.5 Å². The summed E-state index contributed by atoms with van der Waals surface area (Å²) in [4.78, 5) is 8.19. The first-order valence-electron chi connectivity index (χ1n) is 5.12. The van der Waals surface area contributed by atoms with Gasteiger partial charge in [-0.3, -0.25) is 0 Å². The number of hydrogen-bond acceptors (Lipinski definition) is 5. The molecule has 0 spiro atoms. The van der Waals surface area contributed by atoms with E-state index in [2.05, 4.69) is 32.6 Å². The summed E-state index contributed by atoms with van der Waals surface area (Å²) in [6.45, 7) is 0. The van der Waals surface area contributed by atoms with Crippen LogP contribution in [0.25, 0.3) is 0 Å². The van der Waals surface area contributed by atoms with Crippen molar-refractivity contribution in [3.05, 3.63) is 33.9 Å². The van der Waals surface area contributed by atoms with Crippen LogP contribution in [0.3, 0.4) is 0 Å². The Morgan fingerprint density at radius 2 is 1.61 bits per heavy atom. The molecule has 1 heterocycles. The highest BCUT2D eigenvalue weighted by atomic mass is 127. The molecule has 0 bridgehead atoms. The van der Waals surface area contributed by atoms with Gasteiger partial charge < -0.3 is 14.2 Å². The zero-order valence-corrected chi connectivity index (χ0v) is 12.0. The summed E-state index contributed by atoms with van der Waals surface area (Å²) in [5.74, 6) is 1.47. The van der Waals surface area contributed by atoms with E-state index in [1.54, 1.807) is 6.07 Å². The molecule has 0 aliphatic rings. The van der Waals surface area contributed by atoms with Gasteiger partial charge in [-0.05, 0) is 34.7 Å². The Labute approximate surface area is 118 Å². The lowest BCUT2D eigenvalue weighted by Gasteiger charge is -2.08. The molecular formula is C12H11IN2O3. The number of aromatic nitrogens is 2. The van der Waals surface area contributed by atoms with Gasteiger partial charge in [-0.15, -0.1) is 0 Å². The first-order valence-corrected chi connectivity index (χ1v) is 6.20. The first kappa shape index (κ1) is 12.9. The van der Waals surface area contributed by atoms with Crippen LogP contribution in [0.5, 0.6) is 23.5 Å². The first-order chi connectivity index (χ1) is 8.72. The highest BCUT2D eigenvalue weighted by Gasteiger charge is 2.09. The molecule has 1 aromatic heterocycles. The number of rotatable bonds is 4. The fourth-order valence-electron chi connectivity index (χ4n) is 1.26. The SMILES string of the molecule is COc1cc(OC)nc(Oc2ccccc2I)n1. The number of hydrogen-bond donors (Lipinski definition) is 0. The lowest BCUT2D eigenvalue weighted by molar-refractivity contribution is 0.347. The van der Waals surface area contributed by atoms with Crippen LogP contribution in [0, 0.1) is 3.57 Å². The Morgan fingerprint density at radius 3 is 2.17 bits per heavy atom. The van der Waals surface area contributed by atoms with Gasteiger partial charge in [0.15, 0.2) is 0 Å². The number of nitrogens with zero attached hydrogens (tertiary/aromatic N) is 2. The van der Waals surface area contributed by atoms with Gasteiger partial charge in [-0.25, -0.2) is 0 Å². The van der Waals surface area contributed by atoms with E-state index in [0.717, 1.165) is 3.57 Å². The normalized spacial score (nSPS) is 9.94. The minimum atomic E-state index is 0.190. The van der Waals surface area contributed by atoms with Gasteiger partial charge in [0, 0.05) is 0 Å². The molecule has 0 amide bonds. The van der Waals surface area contributed by atoms with E-state index in [4.69, 9.17) is 14.2 Å². The molecule has 0 aliphatic carbocycles. The van der Waals surface area contributed by atoms with E-state index in [1.165, 1.54) is 14.2 Å². The van der Waals surface area contributed by atoms with E-state index >= 15 is 0 Å². The molecule has 6 heteroatoms. The number of para-hydroxylation sites is 1. The van der Waals surface area contributed by atoms with Crippen LogP contribution < -0.4 is 14.2 Å². The van der Waals surface area contributed by atoms with Crippen molar-refractivity contribution >= 4 is 22.6 Å². The van der Waals surface area contributed by atoms with Crippen LogP contribution >= 0.6 is 22.6 Å². The van der Waals surface area contributed by atoms with E-state index in [9.17, 15) is 0 Å². The number of benzene rings is 1. The van der Waals surface area contributed by atoms with E-state index in [0.29, 0.717) is 17.5 Å². The fraction of sp³-hybridized carbons (Fsp3) is 0.167. The average Bonchev–Trinajstić information content (AvgIpc) is 2.41. The second-order valence-electron chi connectivity index (χ2n) is 3.27. The van der Waals surface area contributed by atoms with E-state index in [-0.39, 0.29) is 6.01 Å². The zero-order valence-electron chi connectivity index (χ0n) is 9.88. The molecule has 0 fully saturated rings. The van der Waals surface area contributed by atoms with Crippen LogP contribution in [0.2, 0.25) is 0 Å². The van der Waals surface area contributed by atoms with Gasteiger partial charge in [-0.2, -0.15) is 9.97 Å². The van der Waals surface area contributed by atoms with Crippen molar-refractivity contribution in [1.82, 2.24) is 9.97 Å². The van der Waals surface area contributed by atoms with Gasteiger partial charge in [0.2, 0.25) is 11.8 Å². The Bertz CT molecular complexity index is 526. The Hall–Kier alpha value is -1.57. The molecular weight excluding hydrogens is 347 g/mol. The Balaban J connectivity index is 2.31. The largest absolute Gasteiger partial charge is 0.481 e. The Kier molecular flexibility index (Phi) is 4.19. The van der Waals surface area contributed by atoms with E-state index in [1.807, 2.05) is 24.3 Å². The number of ether oxygens (including phenoxy) is 3. The summed E-state index contributed by atoms with van der Waals surface area (Å²) >= 11 is 2.18. The predicted octanol–water partition coefficient (Wildman–Crippen LogP) is 2.89. The van der Waals surface area contributed by atoms with Gasteiger partial charge in [0.05, 0.1) is 23.9 Å². The lowest BCUT2D eigenvalue weighted by Crippen LogP contribution is -1.98. The van der Waals surface area contributed by atoms with Crippen LogP contribution in [0.15, 0.2) is 30.3 Å². The molecule has 94 valence electrons. The molecule has 0 radical (unpaired) electrons.